The van der Waals surface area contributed by atoms with Gasteiger partial charge in [0.2, 0.25) is 0 Å². The quantitative estimate of drug-likeness (QED) is 0.777. The number of nitrogens with one attached hydrogen (secondary N) is 1. The van der Waals surface area contributed by atoms with Crippen LogP contribution in [-0.2, 0) is 4.74 Å². The lowest BCUT2D eigenvalue weighted by molar-refractivity contribution is -0.0685. The Balaban J connectivity index is 1.88. The molecular formula is C19H37NO. The fourth-order valence-corrected chi connectivity index (χ4v) is 4.05. The first-order chi connectivity index (χ1) is 10.2. The van der Waals surface area contributed by atoms with Crippen molar-refractivity contribution < 1.29 is 4.74 Å². The molecule has 2 heteroatoms. The molecule has 5 unspecified atom stereocenters. The molecule has 0 aromatic heterocycles. The minimum absolute atomic E-state index is 0.461. The Morgan fingerprint density at radius 2 is 1.67 bits per heavy atom. The molecule has 0 heterocycles. The smallest absolute Gasteiger partial charge is 0.0731 e. The van der Waals surface area contributed by atoms with Crippen molar-refractivity contribution in [3.05, 3.63) is 0 Å². The van der Waals surface area contributed by atoms with Crippen LogP contribution in [-0.4, -0.2) is 24.8 Å². The molecule has 1 N–H and O–H groups in total. The van der Waals surface area contributed by atoms with Crippen LogP contribution in [0.3, 0.4) is 0 Å². The average molecular weight is 296 g/mol. The van der Waals surface area contributed by atoms with Crippen LogP contribution in [0.5, 0.6) is 0 Å². The molecular weight excluding hydrogens is 258 g/mol. The number of hydrogen-bond acceptors (Lipinski definition) is 2. The van der Waals surface area contributed by atoms with Gasteiger partial charge in [0.15, 0.2) is 0 Å². The van der Waals surface area contributed by atoms with Crippen LogP contribution in [0.2, 0.25) is 0 Å². The summed E-state index contributed by atoms with van der Waals surface area (Å²) in [6.07, 6.45) is 14.2. The normalized spacial score (nSPS) is 38.7. The zero-order valence-corrected chi connectivity index (χ0v) is 14.6. The van der Waals surface area contributed by atoms with Crippen molar-refractivity contribution in [1.29, 1.82) is 0 Å². The molecule has 0 aliphatic heterocycles. The van der Waals surface area contributed by atoms with E-state index in [2.05, 4.69) is 26.1 Å². The van der Waals surface area contributed by atoms with Crippen molar-refractivity contribution in [3.8, 4) is 0 Å². The summed E-state index contributed by atoms with van der Waals surface area (Å²) in [6.45, 7) is 8.21. The molecule has 0 radical (unpaired) electrons. The first-order valence-electron chi connectivity index (χ1n) is 9.59. The van der Waals surface area contributed by atoms with E-state index < -0.39 is 0 Å². The molecule has 0 aromatic carbocycles. The lowest BCUT2D eigenvalue weighted by Crippen LogP contribution is -2.44. The Morgan fingerprint density at radius 1 is 0.905 bits per heavy atom. The van der Waals surface area contributed by atoms with Crippen LogP contribution in [0.25, 0.3) is 0 Å². The highest BCUT2D eigenvalue weighted by Crippen LogP contribution is 2.33. The summed E-state index contributed by atoms with van der Waals surface area (Å²) in [4.78, 5) is 0. The summed E-state index contributed by atoms with van der Waals surface area (Å²) in [5.74, 6) is 1.72. The molecule has 0 aromatic rings. The van der Waals surface area contributed by atoms with Crippen LogP contribution in [0.4, 0.5) is 0 Å². The highest BCUT2D eigenvalue weighted by molar-refractivity contribution is 4.83. The second kappa shape index (κ2) is 9.15. The number of ether oxygens (including phenoxy) is 1. The first kappa shape index (κ1) is 17.3. The van der Waals surface area contributed by atoms with Crippen LogP contribution in [0.1, 0.15) is 85.0 Å². The Labute approximate surface area is 132 Å². The van der Waals surface area contributed by atoms with E-state index in [1.54, 1.807) is 0 Å². The molecule has 0 spiro atoms. The average Bonchev–Trinajstić information content (AvgIpc) is 2.45. The topological polar surface area (TPSA) is 21.3 Å². The maximum absolute atomic E-state index is 6.63. The summed E-state index contributed by atoms with van der Waals surface area (Å²) in [7, 11) is 0. The minimum Gasteiger partial charge on any atom is -0.373 e. The molecule has 2 rings (SSSR count). The lowest BCUT2D eigenvalue weighted by atomic mass is 9.80. The van der Waals surface area contributed by atoms with Crippen molar-refractivity contribution in [1.82, 2.24) is 5.32 Å². The molecule has 0 bridgehead atoms. The van der Waals surface area contributed by atoms with Gasteiger partial charge in [0.1, 0.15) is 0 Å². The molecule has 21 heavy (non-hydrogen) atoms. The van der Waals surface area contributed by atoms with Gasteiger partial charge in [0.05, 0.1) is 12.2 Å². The van der Waals surface area contributed by atoms with Crippen molar-refractivity contribution in [2.75, 3.05) is 6.54 Å². The molecule has 0 saturated heterocycles. The third kappa shape index (κ3) is 5.56. The van der Waals surface area contributed by atoms with Gasteiger partial charge in [-0.1, -0.05) is 46.5 Å². The molecule has 5 atom stereocenters. The highest BCUT2D eigenvalue weighted by atomic mass is 16.5. The molecule has 124 valence electrons. The number of hydrogen-bond donors (Lipinski definition) is 1. The van der Waals surface area contributed by atoms with Crippen molar-refractivity contribution in [2.45, 2.75) is 103 Å². The van der Waals surface area contributed by atoms with Crippen molar-refractivity contribution in [2.24, 2.45) is 11.8 Å². The van der Waals surface area contributed by atoms with Gasteiger partial charge >= 0.3 is 0 Å². The van der Waals surface area contributed by atoms with E-state index in [-0.39, 0.29) is 0 Å². The maximum Gasteiger partial charge on any atom is 0.0731 e. The first-order valence-corrected chi connectivity index (χ1v) is 9.59. The van der Waals surface area contributed by atoms with Gasteiger partial charge < -0.3 is 10.1 Å². The van der Waals surface area contributed by atoms with Crippen LogP contribution in [0, 0.1) is 11.8 Å². The summed E-state index contributed by atoms with van der Waals surface area (Å²) < 4.78 is 6.63. The monoisotopic (exact) mass is 295 g/mol. The largest absolute Gasteiger partial charge is 0.373 e. The zero-order chi connectivity index (χ0) is 15.1. The van der Waals surface area contributed by atoms with Crippen molar-refractivity contribution >= 4 is 0 Å². The van der Waals surface area contributed by atoms with Gasteiger partial charge in [0, 0.05) is 6.04 Å². The Kier molecular flexibility index (Phi) is 7.53. The summed E-state index contributed by atoms with van der Waals surface area (Å²) in [6, 6.07) is 0.597. The van der Waals surface area contributed by atoms with E-state index in [9.17, 15) is 0 Å². The van der Waals surface area contributed by atoms with Gasteiger partial charge in [0.25, 0.3) is 0 Å². The molecule has 2 aliphatic rings. The standard InChI is InChI=1S/C19H37NO/c1-4-13-20-18-9-7-5-6-8-10-19(18)21-17-12-11-15(2)16(3)14-17/h15-20H,4-14H2,1-3H3. The molecule has 2 nitrogen and oxygen atoms in total. The van der Waals surface area contributed by atoms with Gasteiger partial charge in [-0.2, -0.15) is 0 Å². The Morgan fingerprint density at radius 3 is 2.38 bits per heavy atom. The van der Waals surface area contributed by atoms with Crippen molar-refractivity contribution in [3.63, 3.8) is 0 Å². The summed E-state index contributed by atoms with van der Waals surface area (Å²) in [5.41, 5.74) is 0. The second-order valence-electron chi connectivity index (χ2n) is 7.62. The Bertz CT molecular complexity index is 279. The second-order valence-corrected chi connectivity index (χ2v) is 7.62. The van der Waals surface area contributed by atoms with Crippen LogP contribution < -0.4 is 5.32 Å². The van der Waals surface area contributed by atoms with Gasteiger partial charge in [-0.25, -0.2) is 0 Å². The van der Waals surface area contributed by atoms with E-state index in [1.165, 1.54) is 64.2 Å². The predicted molar refractivity (Wildman–Crippen MR) is 90.6 cm³/mol. The van der Waals surface area contributed by atoms with E-state index in [4.69, 9.17) is 4.74 Å². The van der Waals surface area contributed by atoms with Gasteiger partial charge in [-0.15, -0.1) is 0 Å². The van der Waals surface area contributed by atoms with Gasteiger partial charge in [-0.3, -0.25) is 0 Å². The molecule has 0 amide bonds. The highest BCUT2D eigenvalue weighted by Gasteiger charge is 2.30. The van der Waals surface area contributed by atoms with E-state index in [1.807, 2.05) is 0 Å². The fourth-order valence-electron chi connectivity index (χ4n) is 4.05. The zero-order valence-electron chi connectivity index (χ0n) is 14.6. The third-order valence-electron chi connectivity index (χ3n) is 5.78. The van der Waals surface area contributed by atoms with E-state index in [0.717, 1.165) is 18.4 Å². The molecule has 2 aliphatic carbocycles. The van der Waals surface area contributed by atoms with Crippen LogP contribution in [0.15, 0.2) is 0 Å². The molecule has 2 fully saturated rings. The summed E-state index contributed by atoms with van der Waals surface area (Å²) in [5, 5.41) is 3.77. The Hall–Kier alpha value is -0.0800. The van der Waals surface area contributed by atoms with Gasteiger partial charge in [-0.05, 0) is 56.9 Å². The SMILES string of the molecule is CCCNC1CCCCCCC1OC1CCC(C)C(C)C1. The predicted octanol–water partition coefficient (Wildman–Crippen LogP) is 4.92. The number of rotatable bonds is 5. The van der Waals surface area contributed by atoms with E-state index in [0.29, 0.717) is 18.2 Å². The fraction of sp³-hybridized carbons (Fsp3) is 1.00. The summed E-state index contributed by atoms with van der Waals surface area (Å²) >= 11 is 0. The van der Waals surface area contributed by atoms with Crippen LogP contribution >= 0.6 is 0 Å². The van der Waals surface area contributed by atoms with E-state index >= 15 is 0 Å². The third-order valence-corrected chi connectivity index (χ3v) is 5.78. The minimum atomic E-state index is 0.461. The lowest BCUT2D eigenvalue weighted by Gasteiger charge is -2.37. The molecule has 2 saturated carbocycles. The maximum atomic E-state index is 6.63.